The summed E-state index contributed by atoms with van der Waals surface area (Å²) in [5, 5.41) is 3.00. The van der Waals surface area contributed by atoms with Crippen molar-refractivity contribution in [1.82, 2.24) is 4.90 Å². The first kappa shape index (κ1) is 17.3. The number of rotatable bonds is 6. The van der Waals surface area contributed by atoms with Crippen molar-refractivity contribution < 1.29 is 18.0 Å². The highest BCUT2D eigenvalue weighted by Gasteiger charge is 2.32. The average Bonchev–Trinajstić information content (AvgIpc) is 2.43. The van der Waals surface area contributed by atoms with E-state index < -0.39 is 17.6 Å². The summed E-state index contributed by atoms with van der Waals surface area (Å²) in [7, 11) is 1.59. The summed E-state index contributed by atoms with van der Waals surface area (Å²) in [4.78, 5) is 13.8. The minimum atomic E-state index is -4.46. The Bertz CT molecular complexity index is 486. The highest BCUT2D eigenvalue weighted by Crippen LogP contribution is 2.32. The first-order valence-corrected chi connectivity index (χ1v) is 7.01. The quantitative estimate of drug-likeness (QED) is 0.861. The van der Waals surface area contributed by atoms with Crippen molar-refractivity contribution in [1.29, 1.82) is 0 Å². The van der Waals surface area contributed by atoms with Gasteiger partial charge in [-0.1, -0.05) is 13.8 Å². The first-order chi connectivity index (χ1) is 9.81. The van der Waals surface area contributed by atoms with Crippen molar-refractivity contribution in [3.63, 3.8) is 0 Å². The van der Waals surface area contributed by atoms with Gasteiger partial charge in [-0.2, -0.15) is 13.2 Å². The second-order valence-electron chi connectivity index (χ2n) is 4.91. The van der Waals surface area contributed by atoms with Crippen LogP contribution in [0.3, 0.4) is 0 Å². The molecule has 1 rings (SSSR count). The summed E-state index contributed by atoms with van der Waals surface area (Å²) in [6.45, 7) is 4.96. The average molecular weight is 302 g/mol. The molecular formula is C15H21F3N2O. The predicted molar refractivity (Wildman–Crippen MR) is 77.5 cm³/mol. The maximum absolute atomic E-state index is 12.8. The smallest absolute Gasteiger partial charge is 0.384 e. The van der Waals surface area contributed by atoms with E-state index in [0.29, 0.717) is 18.8 Å². The maximum atomic E-state index is 12.8. The Labute approximate surface area is 123 Å². The van der Waals surface area contributed by atoms with Crippen LogP contribution in [-0.4, -0.2) is 30.9 Å². The summed E-state index contributed by atoms with van der Waals surface area (Å²) in [6.07, 6.45) is -2.89. The van der Waals surface area contributed by atoms with Crippen molar-refractivity contribution in [2.75, 3.05) is 25.5 Å². The SMILES string of the molecule is CCCNc1ccc(C(F)(F)F)cc1C(=O)N(C)CCC. The lowest BCUT2D eigenvalue weighted by Gasteiger charge is -2.20. The zero-order chi connectivity index (χ0) is 16.0. The summed E-state index contributed by atoms with van der Waals surface area (Å²) >= 11 is 0. The van der Waals surface area contributed by atoms with Crippen LogP contribution in [0.15, 0.2) is 18.2 Å². The van der Waals surface area contributed by atoms with Crippen molar-refractivity contribution in [2.24, 2.45) is 0 Å². The van der Waals surface area contributed by atoms with E-state index in [1.54, 1.807) is 7.05 Å². The minimum Gasteiger partial charge on any atom is -0.384 e. The Balaban J connectivity index is 3.18. The molecule has 0 aromatic heterocycles. The molecule has 3 nitrogen and oxygen atoms in total. The fraction of sp³-hybridized carbons (Fsp3) is 0.533. The van der Waals surface area contributed by atoms with Crippen molar-refractivity contribution in [3.05, 3.63) is 29.3 Å². The summed E-state index contributed by atoms with van der Waals surface area (Å²) in [6, 6.07) is 3.24. The monoisotopic (exact) mass is 302 g/mol. The Kier molecular flexibility index (Phi) is 6.05. The van der Waals surface area contributed by atoms with Gasteiger partial charge in [0.25, 0.3) is 5.91 Å². The molecule has 0 saturated heterocycles. The molecule has 0 radical (unpaired) electrons. The lowest BCUT2D eigenvalue weighted by molar-refractivity contribution is -0.137. The number of alkyl halides is 3. The molecule has 0 aliphatic heterocycles. The van der Waals surface area contributed by atoms with E-state index in [1.807, 2.05) is 13.8 Å². The van der Waals surface area contributed by atoms with Gasteiger partial charge < -0.3 is 10.2 Å². The third kappa shape index (κ3) is 4.65. The minimum absolute atomic E-state index is 0.0641. The molecule has 1 N–H and O–H groups in total. The number of amides is 1. The molecule has 1 amide bonds. The van der Waals surface area contributed by atoms with Gasteiger partial charge >= 0.3 is 6.18 Å². The molecule has 0 aliphatic carbocycles. The van der Waals surface area contributed by atoms with E-state index in [2.05, 4.69) is 5.32 Å². The molecule has 0 unspecified atom stereocenters. The Morgan fingerprint density at radius 2 is 1.90 bits per heavy atom. The van der Waals surface area contributed by atoms with Crippen LogP contribution in [0.2, 0.25) is 0 Å². The topological polar surface area (TPSA) is 32.3 Å². The Morgan fingerprint density at radius 3 is 2.43 bits per heavy atom. The van der Waals surface area contributed by atoms with Crippen LogP contribution < -0.4 is 5.32 Å². The number of benzene rings is 1. The van der Waals surface area contributed by atoms with Gasteiger partial charge in [-0.05, 0) is 31.0 Å². The second kappa shape index (κ2) is 7.33. The number of anilines is 1. The number of hydrogen-bond donors (Lipinski definition) is 1. The van der Waals surface area contributed by atoms with E-state index in [9.17, 15) is 18.0 Å². The van der Waals surface area contributed by atoms with Crippen molar-refractivity contribution in [2.45, 2.75) is 32.9 Å². The second-order valence-corrected chi connectivity index (χ2v) is 4.91. The molecule has 0 spiro atoms. The van der Waals surface area contributed by atoms with Crippen LogP contribution in [0.4, 0.5) is 18.9 Å². The van der Waals surface area contributed by atoms with Crippen LogP contribution in [-0.2, 0) is 6.18 Å². The predicted octanol–water partition coefficient (Wildman–Crippen LogP) is 4.01. The number of carbonyl (C=O) groups excluding carboxylic acids is 1. The number of hydrogen-bond acceptors (Lipinski definition) is 2. The largest absolute Gasteiger partial charge is 0.416 e. The molecular weight excluding hydrogens is 281 g/mol. The van der Waals surface area contributed by atoms with E-state index in [1.165, 1.54) is 11.0 Å². The molecule has 0 saturated carbocycles. The molecule has 0 heterocycles. The lowest BCUT2D eigenvalue weighted by atomic mass is 10.1. The maximum Gasteiger partial charge on any atom is 0.416 e. The van der Waals surface area contributed by atoms with Crippen molar-refractivity contribution in [3.8, 4) is 0 Å². The summed E-state index contributed by atoms with van der Waals surface area (Å²) in [5.41, 5.74) is -0.301. The Morgan fingerprint density at radius 1 is 1.24 bits per heavy atom. The van der Waals surface area contributed by atoms with Gasteiger partial charge in [-0.15, -0.1) is 0 Å². The third-order valence-electron chi connectivity index (χ3n) is 3.05. The van der Waals surface area contributed by atoms with Crippen LogP contribution in [0.5, 0.6) is 0 Å². The molecule has 1 aromatic carbocycles. The molecule has 21 heavy (non-hydrogen) atoms. The molecule has 0 bridgehead atoms. The summed E-state index contributed by atoms with van der Waals surface area (Å²) in [5.74, 6) is -0.401. The highest BCUT2D eigenvalue weighted by atomic mass is 19.4. The van der Waals surface area contributed by atoms with Gasteiger partial charge in [0.15, 0.2) is 0 Å². The van der Waals surface area contributed by atoms with Gasteiger partial charge in [0.05, 0.1) is 11.1 Å². The molecule has 0 fully saturated rings. The standard InChI is InChI=1S/C15H21F3N2O/c1-4-8-19-13-7-6-11(15(16,17)18)10-12(13)14(21)20(3)9-5-2/h6-7,10,19H,4-5,8-9H2,1-3H3. The first-order valence-electron chi connectivity index (χ1n) is 7.01. The van der Waals surface area contributed by atoms with Gasteiger partial charge in [-0.25, -0.2) is 0 Å². The van der Waals surface area contributed by atoms with Gasteiger partial charge in [0.1, 0.15) is 0 Å². The normalized spacial score (nSPS) is 11.3. The molecule has 6 heteroatoms. The van der Waals surface area contributed by atoms with Gasteiger partial charge in [0.2, 0.25) is 0 Å². The molecule has 0 atom stereocenters. The van der Waals surface area contributed by atoms with Gasteiger partial charge in [-0.3, -0.25) is 4.79 Å². The number of carbonyl (C=O) groups is 1. The fourth-order valence-corrected chi connectivity index (χ4v) is 1.95. The van der Waals surface area contributed by atoms with Crippen LogP contribution in [0.25, 0.3) is 0 Å². The van der Waals surface area contributed by atoms with Crippen LogP contribution >= 0.6 is 0 Å². The van der Waals surface area contributed by atoms with E-state index in [4.69, 9.17) is 0 Å². The molecule has 0 aliphatic rings. The lowest BCUT2D eigenvalue weighted by Crippen LogP contribution is -2.28. The van der Waals surface area contributed by atoms with Gasteiger partial charge in [0, 0.05) is 25.8 Å². The van der Waals surface area contributed by atoms with E-state index in [-0.39, 0.29) is 5.56 Å². The van der Waals surface area contributed by atoms with E-state index >= 15 is 0 Å². The zero-order valence-electron chi connectivity index (χ0n) is 12.5. The molecule has 118 valence electrons. The highest BCUT2D eigenvalue weighted by molar-refractivity contribution is 5.99. The summed E-state index contributed by atoms with van der Waals surface area (Å²) < 4.78 is 38.5. The number of halogens is 3. The van der Waals surface area contributed by atoms with Crippen LogP contribution in [0, 0.1) is 0 Å². The fourth-order valence-electron chi connectivity index (χ4n) is 1.95. The number of nitrogens with zero attached hydrogens (tertiary/aromatic N) is 1. The third-order valence-corrected chi connectivity index (χ3v) is 3.05. The zero-order valence-corrected chi connectivity index (χ0v) is 12.5. The van der Waals surface area contributed by atoms with E-state index in [0.717, 1.165) is 25.0 Å². The van der Waals surface area contributed by atoms with Crippen LogP contribution in [0.1, 0.15) is 42.6 Å². The number of nitrogens with one attached hydrogen (secondary N) is 1. The van der Waals surface area contributed by atoms with Crippen molar-refractivity contribution >= 4 is 11.6 Å². The molecule has 1 aromatic rings. The Hall–Kier alpha value is -1.72.